The molecule has 25 heavy (non-hydrogen) atoms. The lowest BCUT2D eigenvalue weighted by molar-refractivity contribution is 0.0955. The molecule has 0 saturated heterocycles. The summed E-state index contributed by atoms with van der Waals surface area (Å²) in [5.41, 5.74) is 3.67. The van der Waals surface area contributed by atoms with Crippen LogP contribution in [0.5, 0.6) is 11.5 Å². The highest BCUT2D eigenvalue weighted by Crippen LogP contribution is 2.27. The number of amides is 1. The molecular weight excluding hydrogens is 340 g/mol. The number of ether oxygens (including phenoxy) is 2. The maximum Gasteiger partial charge on any atom is 0.271 e. The van der Waals surface area contributed by atoms with Gasteiger partial charge in [0.1, 0.15) is 6.61 Å². The van der Waals surface area contributed by atoms with Gasteiger partial charge in [0.25, 0.3) is 5.91 Å². The Morgan fingerprint density at radius 2 is 2.00 bits per heavy atom. The highest BCUT2D eigenvalue weighted by atomic mass is 35.5. The number of halogens is 1. The zero-order valence-corrected chi connectivity index (χ0v) is 14.4. The molecule has 0 aromatic heterocycles. The number of nitrogens with zero attached hydrogens (tertiary/aromatic N) is 1. The number of hydrogen-bond donors (Lipinski definition) is 1. The minimum Gasteiger partial charge on any atom is -0.490 e. The van der Waals surface area contributed by atoms with E-state index in [9.17, 15) is 4.79 Å². The summed E-state index contributed by atoms with van der Waals surface area (Å²) in [5.74, 6) is 3.20. The fraction of sp³-hybridized carbons (Fsp3) is 0.158. The fourth-order valence-corrected chi connectivity index (χ4v) is 2.07. The van der Waals surface area contributed by atoms with Crippen molar-refractivity contribution in [2.24, 2.45) is 5.10 Å². The van der Waals surface area contributed by atoms with E-state index in [2.05, 4.69) is 16.4 Å². The number of terminal acetylenes is 1. The summed E-state index contributed by atoms with van der Waals surface area (Å²) in [6.45, 7) is 2.52. The van der Waals surface area contributed by atoms with Gasteiger partial charge < -0.3 is 9.47 Å². The maximum absolute atomic E-state index is 12.0. The lowest BCUT2D eigenvalue weighted by Gasteiger charge is -2.10. The second kappa shape index (κ2) is 9.36. The third kappa shape index (κ3) is 5.55. The van der Waals surface area contributed by atoms with Gasteiger partial charge in [-0.05, 0) is 55.0 Å². The van der Waals surface area contributed by atoms with Crippen molar-refractivity contribution in [1.29, 1.82) is 0 Å². The van der Waals surface area contributed by atoms with Crippen molar-refractivity contribution < 1.29 is 14.3 Å². The third-order valence-corrected chi connectivity index (χ3v) is 3.32. The highest BCUT2D eigenvalue weighted by molar-refractivity contribution is 6.30. The molecule has 0 bridgehead atoms. The monoisotopic (exact) mass is 356 g/mol. The first kappa shape index (κ1) is 18.4. The Bertz CT molecular complexity index is 795. The predicted octanol–water partition coefficient (Wildman–Crippen LogP) is 3.51. The van der Waals surface area contributed by atoms with Crippen LogP contribution in [-0.4, -0.2) is 25.3 Å². The van der Waals surface area contributed by atoms with Crippen LogP contribution in [0.2, 0.25) is 5.02 Å². The van der Waals surface area contributed by atoms with E-state index in [0.717, 1.165) is 5.56 Å². The third-order valence-electron chi connectivity index (χ3n) is 3.06. The van der Waals surface area contributed by atoms with E-state index in [1.807, 2.05) is 6.92 Å². The minimum absolute atomic E-state index is 0.157. The summed E-state index contributed by atoms with van der Waals surface area (Å²) in [5, 5.41) is 4.51. The normalized spacial score (nSPS) is 10.3. The van der Waals surface area contributed by atoms with Crippen LogP contribution in [0.1, 0.15) is 22.8 Å². The molecule has 2 aromatic rings. The van der Waals surface area contributed by atoms with Crippen LogP contribution in [0, 0.1) is 12.3 Å². The van der Waals surface area contributed by atoms with Crippen molar-refractivity contribution in [2.45, 2.75) is 6.92 Å². The molecule has 2 rings (SSSR count). The number of hydrazone groups is 1. The van der Waals surface area contributed by atoms with E-state index in [0.29, 0.717) is 28.7 Å². The van der Waals surface area contributed by atoms with Crippen LogP contribution in [0.25, 0.3) is 0 Å². The topological polar surface area (TPSA) is 59.9 Å². The van der Waals surface area contributed by atoms with Crippen molar-refractivity contribution in [3.63, 3.8) is 0 Å². The molecule has 0 fully saturated rings. The van der Waals surface area contributed by atoms with E-state index < -0.39 is 0 Å². The Balaban J connectivity index is 2.04. The van der Waals surface area contributed by atoms with E-state index in [-0.39, 0.29) is 12.5 Å². The molecule has 0 saturated carbocycles. The van der Waals surface area contributed by atoms with Gasteiger partial charge in [-0.15, -0.1) is 6.42 Å². The molecule has 0 radical (unpaired) electrons. The van der Waals surface area contributed by atoms with Crippen LogP contribution >= 0.6 is 11.6 Å². The number of benzene rings is 2. The summed E-state index contributed by atoms with van der Waals surface area (Å²) in [7, 11) is 0. The van der Waals surface area contributed by atoms with Gasteiger partial charge in [0, 0.05) is 10.6 Å². The number of rotatable bonds is 7. The number of nitrogens with one attached hydrogen (secondary N) is 1. The largest absolute Gasteiger partial charge is 0.490 e. The molecule has 0 aliphatic heterocycles. The highest BCUT2D eigenvalue weighted by Gasteiger charge is 2.06. The standard InChI is InChI=1S/C19H17ClN2O3/c1-3-11-25-17-10-5-14(12-18(17)24-4-2)13-21-22-19(23)15-6-8-16(20)9-7-15/h1,5-10,12-13H,4,11H2,2H3,(H,22,23)/b21-13+. The van der Waals surface area contributed by atoms with Crippen molar-refractivity contribution in [1.82, 2.24) is 5.43 Å². The van der Waals surface area contributed by atoms with Crippen molar-refractivity contribution in [3.8, 4) is 23.8 Å². The maximum atomic E-state index is 12.0. The zero-order chi connectivity index (χ0) is 18.1. The summed E-state index contributed by atoms with van der Waals surface area (Å²) < 4.78 is 10.9. The Hall–Kier alpha value is -2.97. The predicted molar refractivity (Wildman–Crippen MR) is 98.5 cm³/mol. The summed E-state index contributed by atoms with van der Waals surface area (Å²) in [4.78, 5) is 12.0. The molecule has 0 unspecified atom stereocenters. The summed E-state index contributed by atoms with van der Waals surface area (Å²) in [6.07, 6.45) is 6.71. The Kier molecular flexibility index (Phi) is 6.87. The van der Waals surface area contributed by atoms with Crippen molar-refractivity contribution >= 4 is 23.7 Å². The minimum atomic E-state index is -0.327. The Morgan fingerprint density at radius 3 is 2.68 bits per heavy atom. The van der Waals surface area contributed by atoms with Gasteiger partial charge in [0.05, 0.1) is 12.8 Å². The quantitative estimate of drug-likeness (QED) is 0.469. The SMILES string of the molecule is C#CCOc1ccc(/C=N/NC(=O)c2ccc(Cl)cc2)cc1OCC. The molecule has 0 atom stereocenters. The summed E-state index contributed by atoms with van der Waals surface area (Å²) in [6, 6.07) is 11.8. The Labute approximate surface area is 151 Å². The lowest BCUT2D eigenvalue weighted by Crippen LogP contribution is -2.17. The lowest BCUT2D eigenvalue weighted by atomic mass is 10.2. The molecule has 128 valence electrons. The molecule has 1 amide bonds. The van der Waals surface area contributed by atoms with E-state index >= 15 is 0 Å². The van der Waals surface area contributed by atoms with Crippen molar-refractivity contribution in [2.75, 3.05) is 13.2 Å². The zero-order valence-electron chi connectivity index (χ0n) is 13.7. The number of carbonyl (C=O) groups is 1. The van der Waals surface area contributed by atoms with Crippen LogP contribution in [0.15, 0.2) is 47.6 Å². The van der Waals surface area contributed by atoms with Gasteiger partial charge in [-0.2, -0.15) is 5.10 Å². The smallest absolute Gasteiger partial charge is 0.271 e. The summed E-state index contributed by atoms with van der Waals surface area (Å²) >= 11 is 5.79. The van der Waals surface area contributed by atoms with Gasteiger partial charge in [0.2, 0.25) is 0 Å². The molecule has 0 aliphatic rings. The average Bonchev–Trinajstić information content (AvgIpc) is 2.62. The number of hydrogen-bond acceptors (Lipinski definition) is 4. The molecule has 1 N–H and O–H groups in total. The van der Waals surface area contributed by atoms with Crippen LogP contribution < -0.4 is 14.9 Å². The average molecular weight is 357 g/mol. The van der Waals surface area contributed by atoms with E-state index in [4.69, 9.17) is 27.5 Å². The van der Waals surface area contributed by atoms with Gasteiger partial charge in [-0.25, -0.2) is 5.43 Å². The van der Waals surface area contributed by atoms with E-state index in [1.54, 1.807) is 42.5 Å². The first-order valence-corrected chi connectivity index (χ1v) is 7.94. The molecule has 0 heterocycles. The van der Waals surface area contributed by atoms with Gasteiger partial charge >= 0.3 is 0 Å². The van der Waals surface area contributed by atoms with Crippen LogP contribution in [-0.2, 0) is 0 Å². The van der Waals surface area contributed by atoms with Crippen LogP contribution in [0.3, 0.4) is 0 Å². The second-order valence-corrected chi connectivity index (χ2v) is 5.27. The first-order chi connectivity index (χ1) is 12.1. The first-order valence-electron chi connectivity index (χ1n) is 7.56. The Morgan fingerprint density at radius 1 is 1.24 bits per heavy atom. The molecule has 0 spiro atoms. The van der Waals surface area contributed by atoms with Crippen molar-refractivity contribution in [3.05, 3.63) is 58.6 Å². The molecule has 6 heteroatoms. The molecule has 5 nitrogen and oxygen atoms in total. The molecule has 2 aromatic carbocycles. The van der Waals surface area contributed by atoms with Crippen LogP contribution in [0.4, 0.5) is 0 Å². The van der Waals surface area contributed by atoms with Gasteiger partial charge in [-0.1, -0.05) is 17.5 Å². The fourth-order valence-electron chi connectivity index (χ4n) is 1.94. The van der Waals surface area contributed by atoms with Gasteiger partial charge in [-0.3, -0.25) is 4.79 Å². The van der Waals surface area contributed by atoms with Gasteiger partial charge in [0.15, 0.2) is 11.5 Å². The number of carbonyl (C=O) groups excluding carboxylic acids is 1. The van der Waals surface area contributed by atoms with E-state index in [1.165, 1.54) is 6.21 Å². The molecule has 0 aliphatic carbocycles. The molecular formula is C19H17ClN2O3. The second-order valence-electron chi connectivity index (χ2n) is 4.84.